The van der Waals surface area contributed by atoms with Crippen molar-refractivity contribution < 1.29 is 23.2 Å². The molecule has 1 aliphatic rings. The van der Waals surface area contributed by atoms with Gasteiger partial charge < -0.3 is 15.1 Å². The first-order valence-electron chi connectivity index (χ1n) is 13.1. The molecule has 0 fully saturated rings. The van der Waals surface area contributed by atoms with E-state index in [0.717, 1.165) is 10.4 Å². The minimum Gasteiger partial charge on any atom is -0.400 e. The lowest BCUT2D eigenvalue weighted by atomic mass is 9.81. The first-order chi connectivity index (χ1) is 18.4. The molecule has 39 heavy (non-hydrogen) atoms. The van der Waals surface area contributed by atoms with Gasteiger partial charge in [-0.05, 0) is 39.5 Å². The van der Waals surface area contributed by atoms with E-state index in [-0.39, 0.29) is 40.0 Å². The Kier molecular flexibility index (Phi) is 7.91. The summed E-state index contributed by atoms with van der Waals surface area (Å²) in [7, 11) is -3.12. The maximum Gasteiger partial charge on any atom is 0.261 e. The number of anilines is 1. The van der Waals surface area contributed by atoms with E-state index in [1.54, 1.807) is 6.92 Å². The zero-order chi connectivity index (χ0) is 28.5. The topological polar surface area (TPSA) is 84.5 Å². The first-order valence-corrected chi connectivity index (χ1v) is 15.0. The van der Waals surface area contributed by atoms with E-state index in [2.05, 4.69) is 55.7 Å². The molecule has 6 nitrogen and oxygen atoms in total. The van der Waals surface area contributed by atoms with E-state index in [0.29, 0.717) is 5.56 Å². The van der Waals surface area contributed by atoms with Gasteiger partial charge in [-0.2, -0.15) is 0 Å². The van der Waals surface area contributed by atoms with Crippen molar-refractivity contribution in [3.8, 4) is 0 Å². The molecule has 1 aliphatic carbocycles. The Bertz CT molecular complexity index is 1360. The lowest BCUT2D eigenvalue weighted by Gasteiger charge is -2.47. The average molecular weight is 547 g/mol. The number of carbonyl (C=O) groups excluding carboxylic acids is 3. The normalized spacial score (nSPS) is 17.4. The van der Waals surface area contributed by atoms with E-state index in [4.69, 9.17) is 4.43 Å². The monoisotopic (exact) mass is 546 g/mol. The van der Waals surface area contributed by atoms with E-state index in [1.165, 1.54) is 19.9 Å². The summed E-state index contributed by atoms with van der Waals surface area (Å²) in [6.07, 6.45) is -0.594. The second kappa shape index (κ2) is 10.9. The lowest BCUT2D eigenvalue weighted by Crippen LogP contribution is -2.67. The van der Waals surface area contributed by atoms with Crippen molar-refractivity contribution in [3.63, 3.8) is 0 Å². The molecule has 204 valence electrons. The molecule has 0 heterocycles. The van der Waals surface area contributed by atoms with Gasteiger partial charge in [-0.1, -0.05) is 81.4 Å². The molecule has 2 amide bonds. The van der Waals surface area contributed by atoms with E-state index in [9.17, 15) is 14.4 Å². The van der Waals surface area contributed by atoms with Crippen LogP contribution in [0.2, 0.25) is 5.04 Å². The second-order valence-electron chi connectivity index (χ2n) is 11.1. The molecule has 3 aromatic rings. The van der Waals surface area contributed by atoms with Gasteiger partial charge in [0, 0.05) is 25.8 Å². The van der Waals surface area contributed by atoms with E-state index in [1.807, 2.05) is 36.4 Å². The molecule has 4 rings (SSSR count). The van der Waals surface area contributed by atoms with Gasteiger partial charge in [-0.25, -0.2) is 4.39 Å². The van der Waals surface area contributed by atoms with Gasteiger partial charge in [0.05, 0.1) is 17.8 Å². The van der Waals surface area contributed by atoms with Gasteiger partial charge in [0.15, 0.2) is 5.78 Å². The van der Waals surface area contributed by atoms with Gasteiger partial charge in [0.2, 0.25) is 11.8 Å². The Morgan fingerprint density at radius 1 is 0.949 bits per heavy atom. The molecule has 0 saturated heterocycles. The number of nitrogens with one attached hydrogen (secondary N) is 2. The number of Topliss-reactive ketones (excluding diaryl/α,β-unsaturated/α-hetero) is 1. The Morgan fingerprint density at radius 3 is 1.95 bits per heavy atom. The molecule has 0 aliphatic heterocycles. The van der Waals surface area contributed by atoms with Gasteiger partial charge in [-0.15, -0.1) is 0 Å². The summed E-state index contributed by atoms with van der Waals surface area (Å²) >= 11 is 0. The maximum absolute atomic E-state index is 15.4. The number of hydrogen-bond donors (Lipinski definition) is 2. The average Bonchev–Trinajstić information content (AvgIpc) is 2.87. The molecular weight excluding hydrogens is 511 g/mol. The van der Waals surface area contributed by atoms with Crippen LogP contribution < -0.4 is 21.0 Å². The highest BCUT2D eigenvalue weighted by Crippen LogP contribution is 2.45. The highest BCUT2D eigenvalue weighted by Gasteiger charge is 2.53. The van der Waals surface area contributed by atoms with Crippen LogP contribution in [0.5, 0.6) is 0 Å². The molecule has 0 saturated carbocycles. The molecule has 8 heteroatoms. The fraction of sp³-hybridized carbons (Fsp3) is 0.323. The Morgan fingerprint density at radius 2 is 1.49 bits per heavy atom. The quantitative estimate of drug-likeness (QED) is 0.435. The van der Waals surface area contributed by atoms with Crippen molar-refractivity contribution in [1.29, 1.82) is 0 Å². The highest BCUT2D eigenvalue weighted by atomic mass is 28.4. The third-order valence-electron chi connectivity index (χ3n) is 7.33. The molecule has 2 atom stereocenters. The molecule has 0 spiro atoms. The number of ketones is 1. The van der Waals surface area contributed by atoms with Crippen molar-refractivity contribution in [2.24, 2.45) is 0 Å². The van der Waals surface area contributed by atoms with Crippen LogP contribution in [0.25, 0.3) is 0 Å². The molecular formula is C31H35FN2O4Si. The molecule has 0 radical (unpaired) electrons. The zero-order valence-corrected chi connectivity index (χ0v) is 24.2. The van der Waals surface area contributed by atoms with Crippen molar-refractivity contribution in [2.45, 2.75) is 65.1 Å². The third-order valence-corrected chi connectivity index (χ3v) is 12.4. The summed E-state index contributed by atoms with van der Waals surface area (Å²) in [5, 5.41) is 7.09. The zero-order valence-electron chi connectivity index (χ0n) is 23.2. The van der Waals surface area contributed by atoms with Crippen LogP contribution in [0.15, 0.2) is 66.7 Å². The number of hydrogen-bond acceptors (Lipinski definition) is 4. The van der Waals surface area contributed by atoms with Gasteiger partial charge >= 0.3 is 0 Å². The van der Waals surface area contributed by atoms with Crippen LogP contribution >= 0.6 is 0 Å². The Balaban J connectivity index is 2.02. The van der Waals surface area contributed by atoms with Crippen molar-refractivity contribution in [2.75, 3.05) is 5.32 Å². The summed E-state index contributed by atoms with van der Waals surface area (Å²) < 4.78 is 22.7. The number of amides is 2. The summed E-state index contributed by atoms with van der Waals surface area (Å²) in [6, 6.07) is 20.4. The van der Waals surface area contributed by atoms with Crippen LogP contribution in [-0.4, -0.2) is 32.0 Å². The van der Waals surface area contributed by atoms with E-state index >= 15 is 4.39 Å². The number of halogens is 1. The summed E-state index contributed by atoms with van der Waals surface area (Å²) in [6.45, 7) is 10.7. The minimum atomic E-state index is -3.12. The predicted molar refractivity (Wildman–Crippen MR) is 153 cm³/mol. The summed E-state index contributed by atoms with van der Waals surface area (Å²) in [5.41, 5.74) is 0.962. The largest absolute Gasteiger partial charge is 0.400 e. The number of fused-ring (bicyclic) bond motifs is 1. The molecule has 0 aromatic heterocycles. The summed E-state index contributed by atoms with van der Waals surface area (Å²) in [5.74, 6) is -1.71. The van der Waals surface area contributed by atoms with Crippen molar-refractivity contribution in [1.82, 2.24) is 5.32 Å². The number of rotatable bonds is 6. The van der Waals surface area contributed by atoms with Crippen LogP contribution in [0.3, 0.4) is 0 Å². The molecule has 0 bridgehead atoms. The molecule has 0 unspecified atom stereocenters. The minimum absolute atomic E-state index is 0.0803. The van der Waals surface area contributed by atoms with Gasteiger partial charge in [0.25, 0.3) is 8.32 Å². The first kappa shape index (κ1) is 28.4. The third kappa shape index (κ3) is 5.31. The SMILES string of the molecule is CC(=O)Nc1cc(F)c(C)c2c1C(=O)[C@H](NC(C)=O)C[C@@H]2O[Si](c1ccccc1)(c1ccccc1)C(C)(C)C. The standard InChI is InChI=1S/C31H35FN2O4Si/c1-19-24(32)17-25(33-20(2)35)29-28(19)27(18-26(30(29)37)34-21(3)36)38-39(31(4,5)6,22-13-9-7-10-14-22)23-15-11-8-12-16-23/h7-17,26-27H,18H2,1-6H3,(H,33,35)(H,34,36)/t26-,27+/m1/s1. The predicted octanol–water partition coefficient (Wildman–Crippen LogP) is 4.80. The lowest BCUT2D eigenvalue weighted by molar-refractivity contribution is -0.119. The van der Waals surface area contributed by atoms with Crippen molar-refractivity contribution >= 4 is 42.0 Å². The summed E-state index contributed by atoms with van der Waals surface area (Å²) in [4.78, 5) is 37.9. The van der Waals surface area contributed by atoms with Crippen LogP contribution in [-0.2, 0) is 14.0 Å². The Hall–Kier alpha value is -3.62. The van der Waals surface area contributed by atoms with Crippen LogP contribution in [0.4, 0.5) is 10.1 Å². The molecule has 3 aromatic carbocycles. The highest BCUT2D eigenvalue weighted by molar-refractivity contribution is 6.99. The van der Waals surface area contributed by atoms with Crippen LogP contribution in [0.1, 0.15) is 68.6 Å². The Labute approximate surface area is 230 Å². The van der Waals surface area contributed by atoms with E-state index < -0.39 is 32.2 Å². The number of carbonyl (C=O) groups is 3. The fourth-order valence-electron chi connectivity index (χ4n) is 5.72. The fourth-order valence-corrected chi connectivity index (χ4v) is 10.4. The van der Waals surface area contributed by atoms with Crippen molar-refractivity contribution in [3.05, 3.63) is 89.2 Å². The maximum atomic E-state index is 15.4. The van der Waals surface area contributed by atoms with Gasteiger partial charge in [0.1, 0.15) is 5.82 Å². The number of benzene rings is 3. The van der Waals surface area contributed by atoms with Gasteiger partial charge in [-0.3, -0.25) is 14.4 Å². The smallest absolute Gasteiger partial charge is 0.261 e. The van der Waals surface area contributed by atoms with Crippen LogP contribution in [0, 0.1) is 12.7 Å². The second-order valence-corrected chi connectivity index (χ2v) is 15.4. The molecule has 2 N–H and O–H groups in total.